The molecule has 1 aliphatic heterocycles. The van der Waals surface area contributed by atoms with Gasteiger partial charge in [0, 0.05) is 49.4 Å². The lowest BCUT2D eigenvalue weighted by atomic mass is 10.0. The molecule has 1 atom stereocenters. The van der Waals surface area contributed by atoms with Gasteiger partial charge in [-0.15, -0.1) is 0 Å². The lowest BCUT2D eigenvalue weighted by molar-refractivity contribution is 0.692. The Balaban J connectivity index is 1.65. The van der Waals surface area contributed by atoms with Gasteiger partial charge in [-0.1, -0.05) is 0 Å². The predicted molar refractivity (Wildman–Crippen MR) is 84.8 cm³/mol. The zero-order valence-corrected chi connectivity index (χ0v) is 12.8. The molecule has 1 unspecified atom stereocenters. The van der Waals surface area contributed by atoms with Crippen molar-refractivity contribution in [2.24, 2.45) is 7.05 Å². The van der Waals surface area contributed by atoms with E-state index in [0.29, 0.717) is 5.92 Å². The molecule has 0 amide bonds. The van der Waals surface area contributed by atoms with Crippen molar-refractivity contribution < 1.29 is 0 Å². The molecule has 4 heterocycles. The number of aryl methyl sites for hydroxylation is 2. The molecule has 0 bridgehead atoms. The molecular formula is C16H18N6. The maximum Gasteiger partial charge on any atom is 0.157 e. The molecule has 3 aromatic rings. The molecule has 0 spiro atoms. The van der Waals surface area contributed by atoms with Crippen LogP contribution in [-0.4, -0.2) is 37.8 Å². The Bertz CT molecular complexity index is 824. The molecule has 112 valence electrons. The summed E-state index contributed by atoms with van der Waals surface area (Å²) in [5, 5.41) is 5.87. The first-order valence-electron chi connectivity index (χ1n) is 7.53. The molecule has 0 aromatic carbocycles. The molecule has 0 N–H and O–H groups in total. The smallest absolute Gasteiger partial charge is 0.157 e. The Morgan fingerprint density at radius 1 is 1.23 bits per heavy atom. The number of rotatable bonds is 2. The summed E-state index contributed by atoms with van der Waals surface area (Å²) in [6, 6.07) is 6.14. The van der Waals surface area contributed by atoms with Gasteiger partial charge in [-0.2, -0.15) is 5.10 Å². The summed E-state index contributed by atoms with van der Waals surface area (Å²) in [5.74, 6) is 1.43. The summed E-state index contributed by atoms with van der Waals surface area (Å²) in [6.07, 6.45) is 4.54. The van der Waals surface area contributed by atoms with Crippen molar-refractivity contribution in [1.82, 2.24) is 24.7 Å². The van der Waals surface area contributed by atoms with E-state index in [2.05, 4.69) is 25.9 Å². The third-order valence-electron chi connectivity index (χ3n) is 4.32. The maximum absolute atomic E-state index is 4.71. The van der Waals surface area contributed by atoms with Gasteiger partial charge >= 0.3 is 0 Å². The van der Waals surface area contributed by atoms with Gasteiger partial charge in [-0.25, -0.2) is 15.0 Å². The van der Waals surface area contributed by atoms with Crippen molar-refractivity contribution in [2.45, 2.75) is 19.3 Å². The summed E-state index contributed by atoms with van der Waals surface area (Å²) in [7, 11) is 1.96. The van der Waals surface area contributed by atoms with Crippen molar-refractivity contribution in [3.8, 4) is 0 Å². The summed E-state index contributed by atoms with van der Waals surface area (Å²) in [4.78, 5) is 15.3. The van der Waals surface area contributed by atoms with Crippen LogP contribution in [0, 0.1) is 6.92 Å². The quantitative estimate of drug-likeness (QED) is 0.724. The first-order chi connectivity index (χ1) is 10.7. The van der Waals surface area contributed by atoms with Crippen LogP contribution in [0.3, 0.4) is 0 Å². The fraction of sp³-hybridized carbons (Fsp3) is 0.375. The fourth-order valence-corrected chi connectivity index (χ4v) is 3.22. The second-order valence-corrected chi connectivity index (χ2v) is 5.83. The average molecular weight is 294 g/mol. The third-order valence-corrected chi connectivity index (χ3v) is 4.32. The molecule has 1 aliphatic rings. The standard InChI is InChI=1S/C16H18N6/c1-11-8-14(19-10-18-11)22-7-5-12(9-22)15-13-4-3-6-17-16(13)21(2)20-15/h3-4,6,8,10,12H,5,7,9H2,1-2H3. The van der Waals surface area contributed by atoms with E-state index in [1.54, 1.807) is 6.33 Å². The highest BCUT2D eigenvalue weighted by molar-refractivity contribution is 5.78. The summed E-state index contributed by atoms with van der Waals surface area (Å²) in [6.45, 7) is 3.94. The van der Waals surface area contributed by atoms with Crippen LogP contribution in [0.25, 0.3) is 11.0 Å². The van der Waals surface area contributed by atoms with Gasteiger partial charge in [0.15, 0.2) is 5.65 Å². The summed E-state index contributed by atoms with van der Waals surface area (Å²) >= 11 is 0. The SMILES string of the molecule is Cc1cc(N2CCC(c3nn(C)c4ncccc34)C2)ncn1. The summed E-state index contributed by atoms with van der Waals surface area (Å²) < 4.78 is 1.88. The van der Waals surface area contributed by atoms with Gasteiger partial charge in [-0.05, 0) is 25.5 Å². The zero-order valence-electron chi connectivity index (χ0n) is 12.8. The number of pyridine rings is 1. The minimum Gasteiger partial charge on any atom is -0.356 e. The number of nitrogens with zero attached hydrogens (tertiary/aromatic N) is 6. The van der Waals surface area contributed by atoms with E-state index < -0.39 is 0 Å². The molecule has 6 heteroatoms. The van der Waals surface area contributed by atoms with Gasteiger partial charge in [0.2, 0.25) is 0 Å². The lowest BCUT2D eigenvalue weighted by Gasteiger charge is -2.17. The molecule has 1 fully saturated rings. The van der Waals surface area contributed by atoms with Crippen LogP contribution in [0.1, 0.15) is 23.7 Å². The first kappa shape index (κ1) is 13.2. The van der Waals surface area contributed by atoms with Crippen LogP contribution in [-0.2, 0) is 7.05 Å². The minimum absolute atomic E-state index is 0.420. The highest BCUT2D eigenvalue weighted by Gasteiger charge is 2.28. The van der Waals surface area contributed by atoms with Crippen LogP contribution in [0.2, 0.25) is 0 Å². The summed E-state index contributed by atoms with van der Waals surface area (Å²) in [5.41, 5.74) is 3.11. The van der Waals surface area contributed by atoms with E-state index in [4.69, 9.17) is 5.10 Å². The van der Waals surface area contributed by atoms with Gasteiger partial charge < -0.3 is 4.90 Å². The van der Waals surface area contributed by atoms with Gasteiger partial charge in [0.25, 0.3) is 0 Å². The number of aromatic nitrogens is 5. The second kappa shape index (κ2) is 5.05. The molecule has 22 heavy (non-hydrogen) atoms. The highest BCUT2D eigenvalue weighted by Crippen LogP contribution is 2.32. The van der Waals surface area contributed by atoms with E-state index in [-0.39, 0.29) is 0 Å². The Morgan fingerprint density at radius 2 is 2.14 bits per heavy atom. The lowest BCUT2D eigenvalue weighted by Crippen LogP contribution is -2.20. The number of fused-ring (bicyclic) bond motifs is 1. The van der Waals surface area contributed by atoms with Crippen molar-refractivity contribution >= 4 is 16.9 Å². The Kier molecular flexibility index (Phi) is 3.03. The van der Waals surface area contributed by atoms with Crippen LogP contribution in [0.15, 0.2) is 30.7 Å². The van der Waals surface area contributed by atoms with Crippen LogP contribution < -0.4 is 4.90 Å². The second-order valence-electron chi connectivity index (χ2n) is 5.83. The monoisotopic (exact) mass is 294 g/mol. The van der Waals surface area contributed by atoms with E-state index in [0.717, 1.165) is 47.7 Å². The molecule has 0 saturated carbocycles. The Hall–Kier alpha value is -2.50. The van der Waals surface area contributed by atoms with Crippen LogP contribution in [0.4, 0.5) is 5.82 Å². The Labute approximate surface area is 128 Å². The number of anilines is 1. The zero-order chi connectivity index (χ0) is 15.1. The maximum atomic E-state index is 4.71. The normalized spacial score (nSPS) is 18.3. The van der Waals surface area contributed by atoms with E-state index in [1.165, 1.54) is 0 Å². The largest absolute Gasteiger partial charge is 0.356 e. The first-order valence-corrected chi connectivity index (χ1v) is 7.53. The van der Waals surface area contributed by atoms with Crippen molar-refractivity contribution in [3.63, 3.8) is 0 Å². The van der Waals surface area contributed by atoms with Crippen molar-refractivity contribution in [2.75, 3.05) is 18.0 Å². The Morgan fingerprint density at radius 3 is 3.00 bits per heavy atom. The molecule has 6 nitrogen and oxygen atoms in total. The topological polar surface area (TPSA) is 59.7 Å². The van der Waals surface area contributed by atoms with Crippen LogP contribution >= 0.6 is 0 Å². The van der Waals surface area contributed by atoms with Gasteiger partial charge in [0.05, 0.1) is 5.69 Å². The molecular weight excluding hydrogens is 276 g/mol. The van der Waals surface area contributed by atoms with E-state index >= 15 is 0 Å². The molecule has 1 saturated heterocycles. The molecule has 4 rings (SSSR count). The minimum atomic E-state index is 0.420. The van der Waals surface area contributed by atoms with Crippen LogP contribution in [0.5, 0.6) is 0 Å². The highest BCUT2D eigenvalue weighted by atomic mass is 15.3. The third kappa shape index (κ3) is 2.11. The fourth-order valence-electron chi connectivity index (χ4n) is 3.22. The van der Waals surface area contributed by atoms with Gasteiger partial charge in [0.1, 0.15) is 12.1 Å². The molecule has 0 aliphatic carbocycles. The number of hydrogen-bond acceptors (Lipinski definition) is 5. The predicted octanol–water partition coefficient (Wildman–Crippen LogP) is 2.06. The molecule has 3 aromatic heterocycles. The average Bonchev–Trinajstić information content (AvgIpc) is 3.13. The van der Waals surface area contributed by atoms with Crippen molar-refractivity contribution in [3.05, 3.63) is 42.1 Å². The number of hydrogen-bond donors (Lipinski definition) is 0. The van der Waals surface area contributed by atoms with Gasteiger partial charge in [-0.3, -0.25) is 4.68 Å². The van der Waals surface area contributed by atoms with E-state index in [1.807, 2.05) is 37.0 Å². The van der Waals surface area contributed by atoms with E-state index in [9.17, 15) is 0 Å². The molecule has 0 radical (unpaired) electrons. The van der Waals surface area contributed by atoms with Crippen molar-refractivity contribution in [1.29, 1.82) is 0 Å².